The van der Waals surface area contributed by atoms with Gasteiger partial charge in [0.25, 0.3) is 5.91 Å². The summed E-state index contributed by atoms with van der Waals surface area (Å²) in [5, 5.41) is 6.85. The molecule has 0 spiro atoms. The molecule has 1 heterocycles. The number of nitrogens with zero attached hydrogens (tertiary/aromatic N) is 1. The van der Waals surface area contributed by atoms with Crippen molar-refractivity contribution in [2.24, 2.45) is 5.10 Å². The topological polar surface area (TPSA) is 79.8 Å². The van der Waals surface area contributed by atoms with Crippen molar-refractivity contribution in [1.82, 2.24) is 5.43 Å². The number of hydrazone groups is 1. The highest BCUT2D eigenvalue weighted by Crippen LogP contribution is 2.27. The van der Waals surface area contributed by atoms with E-state index in [-0.39, 0.29) is 23.9 Å². The average molecular weight is 310 g/mol. The van der Waals surface area contributed by atoms with Crippen LogP contribution in [0.3, 0.4) is 0 Å². The van der Waals surface area contributed by atoms with Crippen molar-refractivity contribution in [3.05, 3.63) is 23.2 Å². The Bertz CT molecular complexity index is 587. The lowest BCUT2D eigenvalue weighted by atomic mass is 10.1. The molecule has 0 saturated carbocycles. The maximum Gasteiger partial charge on any atom is 0.271 e. The highest BCUT2D eigenvalue weighted by molar-refractivity contribution is 6.43. The number of anilines is 1. The first kappa shape index (κ1) is 15.3. The van der Waals surface area contributed by atoms with Crippen molar-refractivity contribution in [1.29, 1.82) is 0 Å². The number of benzene rings is 1. The van der Waals surface area contributed by atoms with Gasteiger partial charge in [0.05, 0.1) is 11.6 Å². The highest BCUT2D eigenvalue weighted by Gasteiger charge is 2.18. The fourth-order valence-corrected chi connectivity index (χ4v) is 1.98. The molecule has 0 aromatic heterocycles. The predicted molar refractivity (Wildman–Crippen MR) is 80.7 cm³/mol. The quantitative estimate of drug-likeness (QED) is 0.876. The monoisotopic (exact) mass is 309 g/mol. The minimum Gasteiger partial charge on any atom is -0.492 e. The van der Waals surface area contributed by atoms with Crippen molar-refractivity contribution >= 4 is 34.8 Å². The molecule has 0 bridgehead atoms. The molecule has 1 aromatic rings. The minimum absolute atomic E-state index is 0.188. The number of halogens is 1. The number of hydrogen-bond acceptors (Lipinski definition) is 4. The van der Waals surface area contributed by atoms with E-state index in [2.05, 4.69) is 15.8 Å². The molecular formula is C14H16ClN3O3. The Morgan fingerprint density at radius 3 is 2.90 bits per heavy atom. The lowest BCUT2D eigenvalue weighted by Gasteiger charge is -2.13. The summed E-state index contributed by atoms with van der Waals surface area (Å²) >= 11 is 6.09. The van der Waals surface area contributed by atoms with E-state index in [1.807, 2.05) is 6.92 Å². The molecule has 0 fully saturated rings. The van der Waals surface area contributed by atoms with Crippen LogP contribution in [0.1, 0.15) is 26.2 Å². The molecule has 0 atom stereocenters. The third-order valence-corrected chi connectivity index (χ3v) is 3.11. The first-order chi connectivity index (χ1) is 10.1. The van der Waals surface area contributed by atoms with Crippen molar-refractivity contribution < 1.29 is 14.3 Å². The standard InChI is InChI=1S/C14H16ClN3O3/c1-2-7-21-12-5-3-9(8-10(12)15)16-14(20)11-4-6-13(19)18-17-11/h3,5,8H,2,4,6-7H2,1H3,(H,16,20)(H,18,19). The van der Waals surface area contributed by atoms with E-state index < -0.39 is 0 Å². The maximum absolute atomic E-state index is 12.0. The smallest absolute Gasteiger partial charge is 0.271 e. The van der Waals surface area contributed by atoms with Crippen LogP contribution >= 0.6 is 11.6 Å². The molecule has 0 unspecified atom stereocenters. The molecule has 21 heavy (non-hydrogen) atoms. The van der Waals surface area contributed by atoms with Crippen molar-refractivity contribution in [3.63, 3.8) is 0 Å². The molecule has 1 aromatic carbocycles. The molecular weight excluding hydrogens is 294 g/mol. The average Bonchev–Trinajstić information content (AvgIpc) is 2.47. The Hall–Kier alpha value is -2.08. The van der Waals surface area contributed by atoms with E-state index in [0.717, 1.165) is 6.42 Å². The summed E-state index contributed by atoms with van der Waals surface area (Å²) in [5.41, 5.74) is 3.12. The number of amides is 2. The summed E-state index contributed by atoms with van der Waals surface area (Å²) in [6, 6.07) is 5.03. The number of carbonyl (C=O) groups is 2. The van der Waals surface area contributed by atoms with Gasteiger partial charge in [0.2, 0.25) is 5.91 Å². The summed E-state index contributed by atoms with van der Waals surface area (Å²) in [5.74, 6) is 0.0408. The second-order valence-corrected chi connectivity index (χ2v) is 4.95. The van der Waals surface area contributed by atoms with Crippen LogP contribution in [0.5, 0.6) is 5.75 Å². The van der Waals surface area contributed by atoms with Crippen molar-refractivity contribution in [3.8, 4) is 5.75 Å². The van der Waals surface area contributed by atoms with E-state index in [1.54, 1.807) is 18.2 Å². The van der Waals surface area contributed by atoms with E-state index in [1.165, 1.54) is 0 Å². The third-order valence-electron chi connectivity index (χ3n) is 2.82. The zero-order valence-corrected chi connectivity index (χ0v) is 12.4. The summed E-state index contributed by atoms with van der Waals surface area (Å²) in [6.45, 7) is 2.59. The van der Waals surface area contributed by atoms with Gasteiger partial charge in [0.15, 0.2) is 0 Å². The van der Waals surface area contributed by atoms with Crippen molar-refractivity contribution in [2.45, 2.75) is 26.2 Å². The zero-order chi connectivity index (χ0) is 15.2. The molecule has 2 N–H and O–H groups in total. The van der Waals surface area contributed by atoms with Crippen LogP contribution in [-0.4, -0.2) is 24.1 Å². The largest absolute Gasteiger partial charge is 0.492 e. The Kier molecular flexibility index (Phi) is 5.16. The van der Waals surface area contributed by atoms with Crippen LogP contribution in [0, 0.1) is 0 Å². The Labute approximate surface area is 127 Å². The normalized spacial score (nSPS) is 14.2. The number of nitrogens with one attached hydrogen (secondary N) is 2. The van der Waals surface area contributed by atoms with E-state index in [4.69, 9.17) is 16.3 Å². The van der Waals surface area contributed by atoms with Gasteiger partial charge in [-0.2, -0.15) is 5.10 Å². The first-order valence-corrected chi connectivity index (χ1v) is 7.07. The lowest BCUT2D eigenvalue weighted by Crippen LogP contribution is -2.32. The summed E-state index contributed by atoms with van der Waals surface area (Å²) in [7, 11) is 0. The molecule has 2 amide bonds. The second kappa shape index (κ2) is 7.08. The molecule has 7 heteroatoms. The molecule has 0 radical (unpaired) electrons. The van der Waals surface area contributed by atoms with Crippen LogP contribution < -0.4 is 15.5 Å². The molecule has 2 rings (SSSR count). The van der Waals surface area contributed by atoms with Gasteiger partial charge in [-0.15, -0.1) is 0 Å². The van der Waals surface area contributed by atoms with Gasteiger partial charge in [-0.25, -0.2) is 5.43 Å². The van der Waals surface area contributed by atoms with E-state index in [9.17, 15) is 9.59 Å². The van der Waals surface area contributed by atoms with Crippen LogP contribution in [0.2, 0.25) is 5.02 Å². The van der Waals surface area contributed by atoms with Crippen LogP contribution in [-0.2, 0) is 9.59 Å². The molecule has 0 aliphatic carbocycles. The number of ether oxygens (including phenoxy) is 1. The summed E-state index contributed by atoms with van der Waals surface area (Å²) in [6.07, 6.45) is 1.47. The van der Waals surface area contributed by atoms with Crippen LogP contribution in [0.4, 0.5) is 5.69 Å². The Morgan fingerprint density at radius 2 is 2.29 bits per heavy atom. The zero-order valence-electron chi connectivity index (χ0n) is 11.6. The van der Waals surface area contributed by atoms with Gasteiger partial charge in [-0.3, -0.25) is 9.59 Å². The van der Waals surface area contributed by atoms with E-state index in [0.29, 0.717) is 29.5 Å². The van der Waals surface area contributed by atoms with Crippen molar-refractivity contribution in [2.75, 3.05) is 11.9 Å². The van der Waals surface area contributed by atoms with Gasteiger partial charge in [0.1, 0.15) is 11.5 Å². The van der Waals surface area contributed by atoms with Gasteiger partial charge >= 0.3 is 0 Å². The molecule has 112 valence electrons. The molecule has 0 saturated heterocycles. The third kappa shape index (κ3) is 4.19. The van der Waals surface area contributed by atoms with Crippen LogP contribution in [0.15, 0.2) is 23.3 Å². The minimum atomic E-state index is -0.353. The van der Waals surface area contributed by atoms with Gasteiger partial charge in [-0.05, 0) is 24.6 Å². The number of rotatable bonds is 5. The predicted octanol–water partition coefficient (Wildman–Crippen LogP) is 2.33. The fourth-order valence-electron chi connectivity index (χ4n) is 1.75. The first-order valence-electron chi connectivity index (χ1n) is 6.69. The maximum atomic E-state index is 12.0. The molecule has 6 nitrogen and oxygen atoms in total. The summed E-state index contributed by atoms with van der Waals surface area (Å²) in [4.78, 5) is 23.0. The number of hydrogen-bond donors (Lipinski definition) is 2. The fraction of sp³-hybridized carbons (Fsp3) is 0.357. The lowest BCUT2D eigenvalue weighted by molar-refractivity contribution is -0.121. The van der Waals surface area contributed by atoms with Gasteiger partial charge < -0.3 is 10.1 Å². The van der Waals surface area contributed by atoms with E-state index >= 15 is 0 Å². The van der Waals surface area contributed by atoms with Gasteiger partial charge in [0, 0.05) is 18.5 Å². The summed E-state index contributed by atoms with van der Waals surface area (Å²) < 4.78 is 5.46. The molecule has 1 aliphatic heterocycles. The number of carbonyl (C=O) groups excluding carboxylic acids is 2. The molecule has 1 aliphatic rings. The Morgan fingerprint density at radius 1 is 1.48 bits per heavy atom. The van der Waals surface area contributed by atoms with Crippen LogP contribution in [0.25, 0.3) is 0 Å². The Balaban J connectivity index is 2.01. The second-order valence-electron chi connectivity index (χ2n) is 4.54. The SMILES string of the molecule is CCCOc1ccc(NC(=O)C2=NNC(=O)CC2)cc1Cl. The highest BCUT2D eigenvalue weighted by atomic mass is 35.5. The van der Waals surface area contributed by atoms with Gasteiger partial charge in [-0.1, -0.05) is 18.5 Å².